The van der Waals surface area contributed by atoms with E-state index in [1.54, 1.807) is 0 Å². The van der Waals surface area contributed by atoms with E-state index in [2.05, 4.69) is 0 Å². The van der Waals surface area contributed by atoms with Gasteiger partial charge in [0, 0.05) is 6.32 Å². The normalized spacial score (nSPS) is 21.8. The van der Waals surface area contributed by atoms with Gasteiger partial charge in [0.2, 0.25) is 0 Å². The maximum atomic E-state index is 10.0. The van der Waals surface area contributed by atoms with Crippen LogP contribution in [-0.2, 0) is 9.31 Å². The van der Waals surface area contributed by atoms with Gasteiger partial charge >= 0.3 is 7.12 Å². The Labute approximate surface area is 121 Å². The molecule has 4 nitrogen and oxygen atoms in total. The van der Waals surface area contributed by atoms with Crippen LogP contribution >= 0.6 is 0 Å². The molecule has 0 saturated carbocycles. The molecule has 1 fully saturated rings. The summed E-state index contributed by atoms with van der Waals surface area (Å²) in [4.78, 5) is 0. The standard InChI is InChI=1S/C15H23BO4/c1-14(2)15(3,4)20-16(19-14)10-12(17)11-18-13-8-6-5-7-9-13/h5-9,12,17H,10-11H2,1-4H3. The maximum Gasteiger partial charge on any atom is 0.460 e. The van der Waals surface area contributed by atoms with Crippen LogP contribution in [0.3, 0.4) is 0 Å². The van der Waals surface area contributed by atoms with Gasteiger partial charge in [-0.05, 0) is 39.8 Å². The lowest BCUT2D eigenvalue weighted by molar-refractivity contribution is 0.00578. The van der Waals surface area contributed by atoms with Gasteiger partial charge in [-0.3, -0.25) is 0 Å². The summed E-state index contributed by atoms with van der Waals surface area (Å²) in [6.07, 6.45) is -0.218. The SMILES string of the molecule is CC1(C)OB(CC(O)COc2ccccc2)OC1(C)C. The predicted molar refractivity (Wildman–Crippen MR) is 78.8 cm³/mol. The van der Waals surface area contributed by atoms with Crippen LogP contribution in [0.2, 0.25) is 6.32 Å². The quantitative estimate of drug-likeness (QED) is 0.841. The number of ether oxygens (including phenoxy) is 1. The largest absolute Gasteiger partial charge is 0.491 e. The second-order valence-electron chi connectivity index (χ2n) is 6.20. The van der Waals surface area contributed by atoms with E-state index in [1.165, 1.54) is 0 Å². The van der Waals surface area contributed by atoms with Gasteiger partial charge in [-0.25, -0.2) is 0 Å². The van der Waals surface area contributed by atoms with Crippen LogP contribution < -0.4 is 4.74 Å². The van der Waals surface area contributed by atoms with E-state index in [-0.39, 0.29) is 17.8 Å². The molecule has 5 heteroatoms. The van der Waals surface area contributed by atoms with Crippen molar-refractivity contribution in [2.24, 2.45) is 0 Å². The smallest absolute Gasteiger partial charge is 0.460 e. The second kappa shape index (κ2) is 5.76. The number of para-hydroxylation sites is 1. The van der Waals surface area contributed by atoms with E-state index in [0.717, 1.165) is 5.75 Å². The zero-order valence-electron chi connectivity index (χ0n) is 12.6. The summed E-state index contributed by atoms with van der Waals surface area (Å²) in [5.74, 6) is 0.750. The van der Waals surface area contributed by atoms with Crippen LogP contribution in [0.25, 0.3) is 0 Å². The van der Waals surface area contributed by atoms with E-state index in [9.17, 15) is 5.11 Å². The monoisotopic (exact) mass is 278 g/mol. The van der Waals surface area contributed by atoms with E-state index < -0.39 is 13.2 Å². The van der Waals surface area contributed by atoms with Gasteiger partial charge < -0.3 is 19.2 Å². The van der Waals surface area contributed by atoms with E-state index >= 15 is 0 Å². The number of aliphatic hydroxyl groups excluding tert-OH is 1. The first kappa shape index (κ1) is 15.4. The van der Waals surface area contributed by atoms with Crippen LogP contribution in [0.1, 0.15) is 27.7 Å². The van der Waals surface area contributed by atoms with Gasteiger partial charge in [-0.15, -0.1) is 0 Å². The fourth-order valence-corrected chi connectivity index (χ4v) is 2.06. The summed E-state index contributed by atoms with van der Waals surface area (Å²) < 4.78 is 17.2. The van der Waals surface area contributed by atoms with Crippen molar-refractivity contribution < 1.29 is 19.2 Å². The summed E-state index contributed by atoms with van der Waals surface area (Å²) in [6.45, 7) is 8.23. The Bertz CT molecular complexity index is 417. The molecule has 0 aliphatic carbocycles. The second-order valence-corrected chi connectivity index (χ2v) is 6.20. The summed E-state index contributed by atoms with van der Waals surface area (Å²) in [5, 5.41) is 10.0. The van der Waals surface area contributed by atoms with Gasteiger partial charge in [0.15, 0.2) is 0 Å². The van der Waals surface area contributed by atoms with Crippen molar-refractivity contribution in [2.75, 3.05) is 6.61 Å². The fourth-order valence-electron chi connectivity index (χ4n) is 2.06. The van der Waals surface area contributed by atoms with Crippen LogP contribution in [0, 0.1) is 0 Å². The average Bonchev–Trinajstić information content (AvgIpc) is 2.56. The topological polar surface area (TPSA) is 47.9 Å². The zero-order chi connectivity index (χ0) is 14.8. The Balaban J connectivity index is 1.80. The molecule has 2 rings (SSSR count). The van der Waals surface area contributed by atoms with Gasteiger partial charge in [0.05, 0.1) is 17.3 Å². The first-order valence-corrected chi connectivity index (χ1v) is 7.02. The Kier molecular flexibility index (Phi) is 4.42. The molecule has 1 saturated heterocycles. The van der Waals surface area contributed by atoms with Crippen molar-refractivity contribution in [3.05, 3.63) is 30.3 Å². The third-order valence-electron chi connectivity index (χ3n) is 3.95. The number of benzene rings is 1. The number of hydrogen-bond acceptors (Lipinski definition) is 4. The highest BCUT2D eigenvalue weighted by Crippen LogP contribution is 2.37. The van der Waals surface area contributed by atoms with Crippen LogP contribution in [0.5, 0.6) is 5.75 Å². The first-order valence-electron chi connectivity index (χ1n) is 7.02. The molecular weight excluding hydrogens is 255 g/mol. The van der Waals surface area contributed by atoms with Crippen molar-refractivity contribution in [2.45, 2.75) is 51.3 Å². The molecule has 1 aliphatic heterocycles. The summed E-state index contributed by atoms with van der Waals surface area (Å²) in [5.41, 5.74) is -0.727. The molecule has 1 aliphatic rings. The summed E-state index contributed by atoms with van der Waals surface area (Å²) in [7, 11) is -0.394. The van der Waals surface area contributed by atoms with Gasteiger partial charge in [-0.2, -0.15) is 0 Å². The molecule has 0 radical (unpaired) electrons. The minimum Gasteiger partial charge on any atom is -0.491 e. The molecule has 1 aromatic rings. The molecule has 0 bridgehead atoms. The molecule has 0 spiro atoms. The zero-order valence-corrected chi connectivity index (χ0v) is 12.6. The van der Waals surface area contributed by atoms with E-state index in [4.69, 9.17) is 14.0 Å². The number of rotatable bonds is 5. The highest BCUT2D eigenvalue weighted by molar-refractivity contribution is 6.45. The van der Waals surface area contributed by atoms with Gasteiger partial charge in [0.1, 0.15) is 12.4 Å². The third kappa shape index (κ3) is 3.54. The molecule has 1 aromatic carbocycles. The summed E-state index contributed by atoms with van der Waals surface area (Å²) >= 11 is 0. The van der Waals surface area contributed by atoms with E-state index in [1.807, 2.05) is 58.0 Å². The predicted octanol–water partition coefficient (Wildman–Crippen LogP) is 2.52. The van der Waals surface area contributed by atoms with Crippen molar-refractivity contribution in [3.63, 3.8) is 0 Å². The molecular formula is C15H23BO4. The highest BCUT2D eigenvalue weighted by Gasteiger charge is 2.51. The highest BCUT2D eigenvalue weighted by atomic mass is 16.7. The lowest BCUT2D eigenvalue weighted by Gasteiger charge is -2.32. The van der Waals surface area contributed by atoms with Gasteiger partial charge in [-0.1, -0.05) is 18.2 Å². The molecule has 0 amide bonds. The Morgan fingerprint density at radius 1 is 1.10 bits per heavy atom. The average molecular weight is 278 g/mol. The molecule has 1 atom stereocenters. The van der Waals surface area contributed by atoms with Crippen molar-refractivity contribution >= 4 is 7.12 Å². The minimum absolute atomic E-state index is 0.230. The minimum atomic E-state index is -0.620. The van der Waals surface area contributed by atoms with Crippen molar-refractivity contribution in [3.8, 4) is 5.75 Å². The maximum absolute atomic E-state index is 10.0. The Morgan fingerprint density at radius 2 is 1.65 bits per heavy atom. The molecule has 1 heterocycles. The molecule has 1 N–H and O–H groups in total. The molecule has 0 aromatic heterocycles. The fraction of sp³-hybridized carbons (Fsp3) is 0.600. The number of aliphatic hydroxyl groups is 1. The molecule has 110 valence electrons. The van der Waals surface area contributed by atoms with E-state index in [0.29, 0.717) is 6.32 Å². The Hall–Kier alpha value is -1.04. The third-order valence-corrected chi connectivity index (χ3v) is 3.95. The number of hydrogen-bond donors (Lipinski definition) is 1. The molecule has 20 heavy (non-hydrogen) atoms. The van der Waals surface area contributed by atoms with Gasteiger partial charge in [0.25, 0.3) is 0 Å². The van der Waals surface area contributed by atoms with Crippen molar-refractivity contribution in [1.82, 2.24) is 0 Å². The summed E-state index contributed by atoms with van der Waals surface area (Å²) in [6, 6.07) is 9.45. The lowest BCUT2D eigenvalue weighted by atomic mass is 9.82. The van der Waals surface area contributed by atoms with Crippen LogP contribution in [-0.4, -0.2) is 36.1 Å². The van der Waals surface area contributed by atoms with Crippen LogP contribution in [0.4, 0.5) is 0 Å². The lowest BCUT2D eigenvalue weighted by Crippen LogP contribution is -2.41. The Morgan fingerprint density at radius 3 is 2.20 bits per heavy atom. The van der Waals surface area contributed by atoms with Crippen molar-refractivity contribution in [1.29, 1.82) is 0 Å². The first-order chi connectivity index (χ1) is 9.30. The molecule has 1 unspecified atom stereocenters. The van der Waals surface area contributed by atoms with Crippen LogP contribution in [0.15, 0.2) is 30.3 Å².